The van der Waals surface area contributed by atoms with Crippen LogP contribution in [0.3, 0.4) is 0 Å². The lowest BCUT2D eigenvalue weighted by atomic mass is 9.93. The number of pyridine rings is 1. The molecule has 2 unspecified atom stereocenters. The number of carbonyl (C=O) groups excluding carboxylic acids is 1. The Labute approximate surface area is 257 Å². The van der Waals surface area contributed by atoms with E-state index in [-0.39, 0.29) is 47.9 Å². The summed E-state index contributed by atoms with van der Waals surface area (Å²) < 4.78 is 62.4. The number of ether oxygens (including phenoxy) is 1. The first-order chi connectivity index (χ1) is 20.8. The number of rotatable bonds is 6. The molecule has 2 aliphatic heterocycles. The van der Waals surface area contributed by atoms with E-state index in [0.717, 1.165) is 25.7 Å². The van der Waals surface area contributed by atoms with E-state index in [2.05, 4.69) is 52.0 Å². The number of carbonyl (C=O) groups is 1. The molecule has 2 fully saturated rings. The van der Waals surface area contributed by atoms with E-state index in [9.17, 15) is 22.2 Å². The summed E-state index contributed by atoms with van der Waals surface area (Å²) in [5.74, 6) is 1.10. The number of amides is 1. The maximum absolute atomic E-state index is 13.5. The Bertz CT molecular complexity index is 1480. The largest absolute Gasteiger partial charge is 0.477 e. The van der Waals surface area contributed by atoms with Gasteiger partial charge in [-0.05, 0) is 76.5 Å². The molecule has 1 amide bonds. The minimum absolute atomic E-state index is 0.0579. The average Bonchev–Trinajstić information content (AvgIpc) is 3.51. The van der Waals surface area contributed by atoms with Crippen LogP contribution in [0.1, 0.15) is 69.2 Å². The van der Waals surface area contributed by atoms with Gasteiger partial charge >= 0.3 is 6.18 Å². The summed E-state index contributed by atoms with van der Waals surface area (Å²) in [6.45, 7) is 13.0. The van der Waals surface area contributed by atoms with Crippen LogP contribution in [0.15, 0.2) is 54.4 Å². The summed E-state index contributed by atoms with van der Waals surface area (Å²) in [7, 11) is -2.00. The second-order valence-electron chi connectivity index (χ2n) is 12.2. The molecular formula is C30H38F3N7O3S. The molecule has 3 aliphatic rings. The number of aliphatic imine (C=N–C) groups is 1. The van der Waals surface area contributed by atoms with Crippen LogP contribution >= 0.6 is 0 Å². The molecule has 2 aromatic rings. The molecule has 1 saturated heterocycles. The van der Waals surface area contributed by atoms with Gasteiger partial charge in [-0.25, -0.2) is 18.9 Å². The summed E-state index contributed by atoms with van der Waals surface area (Å²) in [6, 6.07) is 4.77. The number of alkyl halides is 3. The van der Waals surface area contributed by atoms with E-state index in [1.165, 1.54) is 10.8 Å². The van der Waals surface area contributed by atoms with Crippen LogP contribution in [0.25, 0.3) is 5.82 Å². The van der Waals surface area contributed by atoms with Gasteiger partial charge in [-0.3, -0.25) is 9.52 Å². The highest BCUT2D eigenvalue weighted by molar-refractivity contribution is 7.99. The fourth-order valence-corrected chi connectivity index (χ4v) is 6.64. The Morgan fingerprint density at radius 3 is 2.70 bits per heavy atom. The molecule has 0 aromatic carbocycles. The SMILES string of the molecule is C=C/C1=N\C(=C)NCCCCC2CN(c3nc(-n4ccc(OCCC5(C(F)(F)F)CC5)n4)ccc3C(=O)NS1=O)C(C)(C)C2. The first kappa shape index (κ1) is 31.7. The van der Waals surface area contributed by atoms with Gasteiger partial charge in [0.25, 0.3) is 5.91 Å². The Balaban J connectivity index is 1.43. The van der Waals surface area contributed by atoms with Gasteiger partial charge in [-0.1, -0.05) is 19.6 Å². The van der Waals surface area contributed by atoms with Gasteiger partial charge in [0.05, 0.1) is 17.6 Å². The molecule has 5 rings (SSSR count). The summed E-state index contributed by atoms with van der Waals surface area (Å²) in [6.07, 6.45) is 2.60. The number of hydrogen-bond acceptors (Lipinski definition) is 8. The van der Waals surface area contributed by atoms with Crippen molar-refractivity contribution in [3.8, 4) is 11.7 Å². The van der Waals surface area contributed by atoms with Crippen LogP contribution in [0.2, 0.25) is 0 Å². The highest BCUT2D eigenvalue weighted by Crippen LogP contribution is 2.59. The quantitative estimate of drug-likeness (QED) is 0.449. The van der Waals surface area contributed by atoms with Crippen molar-refractivity contribution in [2.24, 2.45) is 16.3 Å². The highest BCUT2D eigenvalue weighted by atomic mass is 32.2. The van der Waals surface area contributed by atoms with Crippen LogP contribution in [0, 0.1) is 11.3 Å². The first-order valence-corrected chi connectivity index (χ1v) is 15.9. The second-order valence-corrected chi connectivity index (χ2v) is 13.4. The van der Waals surface area contributed by atoms with Crippen LogP contribution in [-0.2, 0) is 11.0 Å². The molecule has 2 atom stereocenters. The number of anilines is 1. The lowest BCUT2D eigenvalue weighted by molar-refractivity contribution is -0.190. The monoisotopic (exact) mass is 633 g/mol. The van der Waals surface area contributed by atoms with Crippen LogP contribution in [0.4, 0.5) is 19.0 Å². The maximum atomic E-state index is 13.5. The molecule has 4 heterocycles. The van der Waals surface area contributed by atoms with Crippen molar-refractivity contribution in [3.63, 3.8) is 0 Å². The Morgan fingerprint density at radius 2 is 2.00 bits per heavy atom. The molecule has 14 heteroatoms. The summed E-state index contributed by atoms with van der Waals surface area (Å²) in [4.78, 5) is 24.7. The zero-order valence-electron chi connectivity index (χ0n) is 25.0. The molecule has 0 spiro atoms. The average molecular weight is 634 g/mol. The zero-order chi connectivity index (χ0) is 31.7. The molecule has 2 bridgehead atoms. The van der Waals surface area contributed by atoms with E-state index in [1.807, 2.05) is 0 Å². The first-order valence-electron chi connectivity index (χ1n) is 14.7. The fourth-order valence-electron chi connectivity index (χ4n) is 5.91. The normalized spacial score (nSPS) is 24.8. The Morgan fingerprint density at radius 1 is 1.23 bits per heavy atom. The molecule has 2 N–H and O–H groups in total. The van der Waals surface area contributed by atoms with E-state index in [0.29, 0.717) is 36.5 Å². The van der Waals surface area contributed by atoms with Crippen molar-refractivity contribution in [3.05, 3.63) is 55.0 Å². The molecule has 2 aromatic heterocycles. The molecular weight excluding hydrogens is 595 g/mol. The number of fused-ring (bicyclic) bond motifs is 4. The van der Waals surface area contributed by atoms with Gasteiger partial charge in [0.15, 0.2) is 16.8 Å². The summed E-state index contributed by atoms with van der Waals surface area (Å²) >= 11 is 0. The third-order valence-corrected chi connectivity index (χ3v) is 9.58. The van der Waals surface area contributed by atoms with Gasteiger partial charge < -0.3 is 15.0 Å². The van der Waals surface area contributed by atoms with E-state index in [4.69, 9.17) is 9.72 Å². The number of nitrogens with one attached hydrogen (secondary N) is 2. The standard InChI is InChI=1S/C30H38F3N7O3S/c1-5-25-35-20(2)34-15-7-6-8-21-18-28(3,4)39(19-21)26-22(27(41)38-44(25)42)9-10-23(36-26)40-16-11-24(37-40)43-17-14-29(12-13-29)30(31,32)33/h5,9-11,16,21,34H,1-2,6-8,12-15,17-19H2,3-4H3,(H,38,41)/b35-25+. The molecule has 0 radical (unpaired) electrons. The van der Waals surface area contributed by atoms with Crippen molar-refractivity contribution in [2.75, 3.05) is 24.6 Å². The third-order valence-electron chi connectivity index (χ3n) is 8.57. The van der Waals surface area contributed by atoms with Gasteiger partial charge in [0, 0.05) is 30.9 Å². The van der Waals surface area contributed by atoms with Gasteiger partial charge in [-0.2, -0.15) is 13.2 Å². The van der Waals surface area contributed by atoms with Gasteiger partial charge in [-0.15, -0.1) is 5.10 Å². The van der Waals surface area contributed by atoms with Crippen molar-refractivity contribution in [1.82, 2.24) is 24.8 Å². The van der Waals surface area contributed by atoms with Crippen LogP contribution < -0.4 is 19.7 Å². The molecule has 1 saturated carbocycles. The van der Waals surface area contributed by atoms with Crippen molar-refractivity contribution >= 4 is 27.8 Å². The zero-order valence-corrected chi connectivity index (χ0v) is 25.8. The lowest BCUT2D eigenvalue weighted by Gasteiger charge is -2.34. The molecule has 238 valence electrons. The van der Waals surface area contributed by atoms with Gasteiger partial charge in [0.1, 0.15) is 16.7 Å². The minimum atomic E-state index is -4.24. The number of hydrogen-bond donors (Lipinski definition) is 2. The fraction of sp³-hybridized carbons (Fsp3) is 0.533. The number of aromatic nitrogens is 3. The predicted octanol–water partition coefficient (Wildman–Crippen LogP) is 5.21. The van der Waals surface area contributed by atoms with E-state index >= 15 is 0 Å². The molecule has 44 heavy (non-hydrogen) atoms. The maximum Gasteiger partial charge on any atom is 0.394 e. The van der Waals surface area contributed by atoms with Gasteiger partial charge in [0.2, 0.25) is 5.88 Å². The topological polar surface area (TPSA) is 114 Å². The van der Waals surface area contributed by atoms with Crippen LogP contribution in [-0.4, -0.2) is 61.3 Å². The Hall–Kier alpha value is -3.68. The van der Waals surface area contributed by atoms with E-state index < -0.39 is 28.5 Å². The van der Waals surface area contributed by atoms with E-state index in [1.54, 1.807) is 24.4 Å². The summed E-state index contributed by atoms with van der Waals surface area (Å²) in [5.41, 5.74) is -1.74. The Kier molecular flexibility index (Phi) is 8.92. The minimum Gasteiger partial charge on any atom is -0.477 e. The highest BCUT2D eigenvalue weighted by Gasteiger charge is 2.62. The molecule has 1 aliphatic carbocycles. The van der Waals surface area contributed by atoms with Crippen LogP contribution in [0.5, 0.6) is 5.88 Å². The van der Waals surface area contributed by atoms with Crippen molar-refractivity contribution in [1.29, 1.82) is 0 Å². The third kappa shape index (κ3) is 6.84. The molecule has 10 nitrogen and oxygen atoms in total. The number of nitrogens with zero attached hydrogens (tertiary/aromatic N) is 5. The number of halogens is 3. The van der Waals surface area contributed by atoms with Crippen molar-refractivity contribution < 1.29 is 26.9 Å². The predicted molar refractivity (Wildman–Crippen MR) is 163 cm³/mol. The smallest absolute Gasteiger partial charge is 0.394 e. The second kappa shape index (κ2) is 12.4. The summed E-state index contributed by atoms with van der Waals surface area (Å²) in [5, 5.41) is 7.56. The van der Waals surface area contributed by atoms with Crippen molar-refractivity contribution in [2.45, 2.75) is 70.5 Å². The lowest BCUT2D eigenvalue weighted by Crippen LogP contribution is -2.41.